The van der Waals surface area contributed by atoms with Crippen LogP contribution >= 0.6 is 0 Å². The normalized spacial score (nSPS) is 16.4. The summed E-state index contributed by atoms with van der Waals surface area (Å²) in [6, 6.07) is 8.93. The lowest BCUT2D eigenvalue weighted by atomic mass is 10.1. The van der Waals surface area contributed by atoms with E-state index < -0.39 is 0 Å². The van der Waals surface area contributed by atoms with Gasteiger partial charge in [-0.25, -0.2) is 4.39 Å². The average Bonchev–Trinajstić information content (AvgIpc) is 3.32. The molecule has 3 heterocycles. The van der Waals surface area contributed by atoms with Crippen molar-refractivity contribution in [3.63, 3.8) is 0 Å². The number of aryl methyl sites for hydroxylation is 2. The lowest BCUT2D eigenvalue weighted by Gasteiger charge is -2.35. The Morgan fingerprint density at radius 1 is 1.33 bits per heavy atom. The molecule has 140 valence electrons. The van der Waals surface area contributed by atoms with Gasteiger partial charge < -0.3 is 14.0 Å². The Bertz CT molecular complexity index is 978. The standard InChI is InChI=1S/C20H21FN4O2/c1-13-5-6-15(12-16(13)21)20-22-18(27-23-20)7-8-19(26)25-11-10-24-9-3-4-17(24)14(25)2/h3-6,9,12,14H,7-8,10-11H2,1-2H3/t14-/m1/s1. The summed E-state index contributed by atoms with van der Waals surface area (Å²) in [5.74, 6) is 0.474. The summed E-state index contributed by atoms with van der Waals surface area (Å²) in [6.07, 6.45) is 2.71. The second kappa shape index (κ2) is 6.98. The first-order chi connectivity index (χ1) is 13.0. The Labute approximate surface area is 156 Å². The molecule has 1 aliphatic heterocycles. The van der Waals surface area contributed by atoms with Crippen LogP contribution in [0.3, 0.4) is 0 Å². The van der Waals surface area contributed by atoms with Gasteiger partial charge in [0.15, 0.2) is 0 Å². The van der Waals surface area contributed by atoms with Crippen molar-refractivity contribution in [2.75, 3.05) is 6.54 Å². The number of benzene rings is 1. The number of aromatic nitrogens is 3. The zero-order valence-electron chi connectivity index (χ0n) is 15.4. The van der Waals surface area contributed by atoms with E-state index in [1.165, 1.54) is 6.07 Å². The molecule has 0 spiro atoms. The monoisotopic (exact) mass is 368 g/mol. The molecule has 1 atom stereocenters. The van der Waals surface area contributed by atoms with Crippen LogP contribution in [0.15, 0.2) is 41.1 Å². The number of amides is 1. The van der Waals surface area contributed by atoms with Gasteiger partial charge in [-0.2, -0.15) is 4.98 Å². The van der Waals surface area contributed by atoms with E-state index in [0.717, 1.165) is 12.2 Å². The van der Waals surface area contributed by atoms with Crippen molar-refractivity contribution >= 4 is 5.91 Å². The molecule has 6 nitrogen and oxygen atoms in total. The number of carbonyl (C=O) groups excluding carboxylic acids is 1. The Morgan fingerprint density at radius 2 is 2.19 bits per heavy atom. The predicted molar refractivity (Wildman–Crippen MR) is 97.3 cm³/mol. The van der Waals surface area contributed by atoms with Crippen molar-refractivity contribution in [3.05, 3.63) is 59.5 Å². The van der Waals surface area contributed by atoms with Gasteiger partial charge in [0.25, 0.3) is 0 Å². The van der Waals surface area contributed by atoms with Gasteiger partial charge in [-0.3, -0.25) is 4.79 Å². The van der Waals surface area contributed by atoms with Crippen molar-refractivity contribution < 1.29 is 13.7 Å². The Hall–Kier alpha value is -2.96. The third-order valence-corrected chi connectivity index (χ3v) is 5.11. The fourth-order valence-corrected chi connectivity index (χ4v) is 3.48. The number of rotatable bonds is 4. The average molecular weight is 368 g/mol. The minimum absolute atomic E-state index is 0.0510. The molecule has 0 saturated carbocycles. The van der Waals surface area contributed by atoms with Gasteiger partial charge in [0.05, 0.1) is 6.04 Å². The van der Waals surface area contributed by atoms with Crippen LogP contribution in [-0.2, 0) is 17.8 Å². The number of fused-ring (bicyclic) bond motifs is 1. The molecule has 1 aliphatic rings. The van der Waals surface area contributed by atoms with Crippen LogP contribution in [0.5, 0.6) is 0 Å². The molecule has 7 heteroatoms. The molecule has 0 saturated heterocycles. The molecule has 4 rings (SSSR count). The molecular formula is C20H21FN4O2. The van der Waals surface area contributed by atoms with Crippen LogP contribution < -0.4 is 0 Å². The maximum Gasteiger partial charge on any atom is 0.227 e. The molecule has 1 amide bonds. The van der Waals surface area contributed by atoms with Crippen molar-refractivity contribution in [3.8, 4) is 11.4 Å². The number of hydrogen-bond donors (Lipinski definition) is 0. The molecule has 3 aromatic rings. The highest BCUT2D eigenvalue weighted by Gasteiger charge is 2.27. The van der Waals surface area contributed by atoms with E-state index in [9.17, 15) is 9.18 Å². The first-order valence-corrected chi connectivity index (χ1v) is 9.06. The topological polar surface area (TPSA) is 64.2 Å². The summed E-state index contributed by atoms with van der Waals surface area (Å²) in [7, 11) is 0. The Morgan fingerprint density at radius 3 is 3.00 bits per heavy atom. The molecule has 0 fully saturated rings. The highest BCUT2D eigenvalue weighted by Crippen LogP contribution is 2.26. The molecule has 2 aromatic heterocycles. The summed E-state index contributed by atoms with van der Waals surface area (Å²) >= 11 is 0. The van der Waals surface area contributed by atoms with Crippen molar-refractivity contribution in [2.24, 2.45) is 0 Å². The number of carbonyl (C=O) groups is 1. The third-order valence-electron chi connectivity index (χ3n) is 5.11. The van der Waals surface area contributed by atoms with E-state index in [2.05, 4.69) is 20.8 Å². The smallest absolute Gasteiger partial charge is 0.227 e. The summed E-state index contributed by atoms with van der Waals surface area (Å²) in [5, 5.41) is 3.90. The number of hydrogen-bond acceptors (Lipinski definition) is 4. The van der Waals surface area contributed by atoms with Crippen LogP contribution in [0.4, 0.5) is 4.39 Å². The predicted octanol–water partition coefficient (Wildman–Crippen LogP) is 3.52. The van der Waals surface area contributed by atoms with E-state index >= 15 is 0 Å². The minimum atomic E-state index is -0.308. The molecule has 0 bridgehead atoms. The Kier molecular flexibility index (Phi) is 4.51. The van der Waals surface area contributed by atoms with E-state index in [1.54, 1.807) is 19.1 Å². The van der Waals surface area contributed by atoms with Gasteiger partial charge in [0.2, 0.25) is 17.6 Å². The zero-order valence-corrected chi connectivity index (χ0v) is 15.4. The van der Waals surface area contributed by atoms with E-state index in [-0.39, 0.29) is 17.8 Å². The lowest BCUT2D eigenvalue weighted by Crippen LogP contribution is -2.40. The SMILES string of the molecule is Cc1ccc(-c2noc(CCC(=O)N3CCn4cccc4[C@H]3C)n2)cc1F. The van der Waals surface area contributed by atoms with E-state index in [0.29, 0.717) is 42.2 Å². The highest BCUT2D eigenvalue weighted by molar-refractivity contribution is 5.77. The highest BCUT2D eigenvalue weighted by atomic mass is 19.1. The van der Waals surface area contributed by atoms with E-state index in [4.69, 9.17) is 4.52 Å². The van der Waals surface area contributed by atoms with Gasteiger partial charge >= 0.3 is 0 Å². The second-order valence-corrected chi connectivity index (χ2v) is 6.87. The van der Waals surface area contributed by atoms with Crippen LogP contribution in [0, 0.1) is 12.7 Å². The number of halogens is 1. The van der Waals surface area contributed by atoms with Crippen molar-refractivity contribution in [2.45, 2.75) is 39.3 Å². The molecule has 1 aromatic carbocycles. The first kappa shape index (κ1) is 17.5. The lowest BCUT2D eigenvalue weighted by molar-refractivity contribution is -0.134. The van der Waals surface area contributed by atoms with Gasteiger partial charge in [-0.15, -0.1) is 0 Å². The van der Waals surface area contributed by atoms with E-state index in [1.807, 2.05) is 24.1 Å². The van der Waals surface area contributed by atoms with Crippen LogP contribution in [0.2, 0.25) is 0 Å². The third kappa shape index (κ3) is 3.37. The van der Waals surface area contributed by atoms with Crippen LogP contribution in [0.1, 0.15) is 36.5 Å². The molecule has 0 N–H and O–H groups in total. The summed E-state index contributed by atoms with van der Waals surface area (Å²) < 4.78 is 21.1. The van der Waals surface area contributed by atoms with Gasteiger partial charge in [-0.1, -0.05) is 17.3 Å². The quantitative estimate of drug-likeness (QED) is 0.707. The van der Waals surface area contributed by atoms with Gasteiger partial charge in [0, 0.05) is 43.4 Å². The molecule has 0 unspecified atom stereocenters. The Balaban J connectivity index is 1.40. The summed E-state index contributed by atoms with van der Waals surface area (Å²) in [4.78, 5) is 18.8. The van der Waals surface area contributed by atoms with Gasteiger partial charge in [0.1, 0.15) is 5.82 Å². The second-order valence-electron chi connectivity index (χ2n) is 6.87. The van der Waals surface area contributed by atoms with Crippen molar-refractivity contribution in [1.82, 2.24) is 19.6 Å². The number of nitrogens with zero attached hydrogens (tertiary/aromatic N) is 4. The maximum atomic E-state index is 13.7. The largest absolute Gasteiger partial charge is 0.348 e. The van der Waals surface area contributed by atoms with Crippen molar-refractivity contribution in [1.29, 1.82) is 0 Å². The zero-order chi connectivity index (χ0) is 19.0. The molecule has 27 heavy (non-hydrogen) atoms. The molecule has 0 aliphatic carbocycles. The summed E-state index contributed by atoms with van der Waals surface area (Å²) in [6.45, 7) is 5.24. The van der Waals surface area contributed by atoms with Crippen LogP contribution in [-0.4, -0.2) is 32.1 Å². The summed E-state index contributed by atoms with van der Waals surface area (Å²) in [5.41, 5.74) is 2.27. The minimum Gasteiger partial charge on any atom is -0.348 e. The fourth-order valence-electron chi connectivity index (χ4n) is 3.48. The molecule has 0 radical (unpaired) electrons. The maximum absolute atomic E-state index is 13.7. The fraction of sp³-hybridized carbons (Fsp3) is 0.350. The molecular weight excluding hydrogens is 347 g/mol. The van der Waals surface area contributed by atoms with Crippen LogP contribution in [0.25, 0.3) is 11.4 Å². The van der Waals surface area contributed by atoms with Gasteiger partial charge in [-0.05, 0) is 37.6 Å². The first-order valence-electron chi connectivity index (χ1n) is 9.06.